The van der Waals surface area contributed by atoms with Crippen LogP contribution >= 0.6 is 0 Å². The number of aromatic nitrogens is 3. The zero-order valence-corrected chi connectivity index (χ0v) is 16.4. The number of likely N-dealkylation sites (tertiary alicyclic amines) is 1. The molecule has 1 atom stereocenters. The van der Waals surface area contributed by atoms with Crippen molar-refractivity contribution in [2.45, 2.75) is 71.9 Å². The van der Waals surface area contributed by atoms with Gasteiger partial charge in [0, 0.05) is 31.0 Å². The molecule has 0 saturated carbocycles. The Morgan fingerprint density at radius 2 is 2.15 bits per heavy atom. The fraction of sp³-hybridized carbons (Fsp3) is 0.571. The molecule has 1 fully saturated rings. The number of rotatable bonds is 6. The van der Waals surface area contributed by atoms with E-state index in [1.54, 1.807) is 0 Å². The Morgan fingerprint density at radius 1 is 1.35 bits per heavy atom. The van der Waals surface area contributed by atoms with Crippen LogP contribution in [0.5, 0.6) is 0 Å². The third kappa shape index (κ3) is 3.97. The second-order valence-electron chi connectivity index (χ2n) is 7.56. The van der Waals surface area contributed by atoms with Gasteiger partial charge in [0.2, 0.25) is 0 Å². The van der Waals surface area contributed by atoms with E-state index in [0.29, 0.717) is 12.0 Å². The summed E-state index contributed by atoms with van der Waals surface area (Å²) in [6, 6.07) is 6.52. The minimum Gasteiger partial charge on any atom is -0.334 e. The first-order valence-corrected chi connectivity index (χ1v) is 9.79. The van der Waals surface area contributed by atoms with Gasteiger partial charge >= 0.3 is 0 Å². The average Bonchev–Trinajstić information content (AvgIpc) is 3.26. The van der Waals surface area contributed by atoms with Crippen molar-refractivity contribution in [3.05, 3.63) is 47.0 Å². The fourth-order valence-corrected chi connectivity index (χ4v) is 3.78. The lowest BCUT2D eigenvalue weighted by Crippen LogP contribution is -2.37. The van der Waals surface area contributed by atoms with E-state index >= 15 is 0 Å². The van der Waals surface area contributed by atoms with E-state index in [2.05, 4.69) is 41.0 Å². The first-order chi connectivity index (χ1) is 12.5. The SMILES string of the molecule is CCn1nc(C(C)C)cc1C(=O)N1CCC[C@@H]1CCc1ccnc(C)c1. The molecule has 5 nitrogen and oxygen atoms in total. The van der Waals surface area contributed by atoms with Crippen LogP contribution < -0.4 is 0 Å². The molecule has 0 unspecified atom stereocenters. The van der Waals surface area contributed by atoms with Crippen molar-refractivity contribution in [3.8, 4) is 0 Å². The van der Waals surface area contributed by atoms with Gasteiger partial charge in [0.15, 0.2) is 0 Å². The van der Waals surface area contributed by atoms with Gasteiger partial charge in [0.1, 0.15) is 5.69 Å². The molecule has 0 spiro atoms. The Bertz CT molecular complexity index is 765. The van der Waals surface area contributed by atoms with Gasteiger partial charge < -0.3 is 4.90 Å². The van der Waals surface area contributed by atoms with Gasteiger partial charge in [-0.05, 0) is 69.2 Å². The smallest absolute Gasteiger partial charge is 0.272 e. The van der Waals surface area contributed by atoms with E-state index in [9.17, 15) is 4.79 Å². The molecule has 0 aromatic carbocycles. The van der Waals surface area contributed by atoms with Gasteiger partial charge in [-0.2, -0.15) is 5.10 Å². The largest absolute Gasteiger partial charge is 0.334 e. The van der Waals surface area contributed by atoms with E-state index in [4.69, 9.17) is 0 Å². The Balaban J connectivity index is 1.72. The Hall–Kier alpha value is -2.17. The van der Waals surface area contributed by atoms with Crippen LogP contribution in [0.4, 0.5) is 0 Å². The highest BCUT2D eigenvalue weighted by Crippen LogP contribution is 2.25. The highest BCUT2D eigenvalue weighted by molar-refractivity contribution is 5.93. The standard InChI is InChI=1S/C21H30N4O/c1-5-25-20(14-19(23-25)15(2)3)21(26)24-12-6-7-18(24)9-8-17-10-11-22-16(4)13-17/h10-11,13-15,18H,5-9,12H2,1-4H3/t18-/m1/s1. The molecule has 3 heterocycles. The summed E-state index contributed by atoms with van der Waals surface area (Å²) >= 11 is 0. The molecule has 2 aromatic heterocycles. The van der Waals surface area contributed by atoms with Crippen molar-refractivity contribution in [1.82, 2.24) is 19.7 Å². The molecule has 1 aliphatic heterocycles. The van der Waals surface area contributed by atoms with Crippen LogP contribution in [0.3, 0.4) is 0 Å². The quantitative estimate of drug-likeness (QED) is 0.789. The predicted octanol–water partition coefficient (Wildman–Crippen LogP) is 3.97. The topological polar surface area (TPSA) is 51.0 Å². The summed E-state index contributed by atoms with van der Waals surface area (Å²) in [5.74, 6) is 0.471. The molecular weight excluding hydrogens is 324 g/mol. The van der Waals surface area contributed by atoms with Crippen LogP contribution in [0.15, 0.2) is 24.4 Å². The lowest BCUT2D eigenvalue weighted by atomic mass is 10.0. The van der Waals surface area contributed by atoms with E-state index in [1.165, 1.54) is 5.56 Å². The summed E-state index contributed by atoms with van der Waals surface area (Å²) in [6.07, 6.45) is 6.04. The lowest BCUT2D eigenvalue weighted by Gasteiger charge is -2.25. The highest BCUT2D eigenvalue weighted by Gasteiger charge is 2.31. The number of hydrogen-bond acceptors (Lipinski definition) is 3. The summed E-state index contributed by atoms with van der Waals surface area (Å²) in [6.45, 7) is 9.87. The Kier molecular flexibility index (Phi) is 5.74. The Labute approximate surface area is 156 Å². The lowest BCUT2D eigenvalue weighted by molar-refractivity contribution is 0.0718. The van der Waals surface area contributed by atoms with E-state index < -0.39 is 0 Å². The molecule has 1 aliphatic rings. The zero-order valence-electron chi connectivity index (χ0n) is 16.4. The summed E-state index contributed by atoms with van der Waals surface area (Å²) in [4.78, 5) is 19.5. The number of amides is 1. The molecule has 0 radical (unpaired) electrons. The molecule has 140 valence electrons. The van der Waals surface area contributed by atoms with Crippen molar-refractivity contribution in [2.24, 2.45) is 0 Å². The molecule has 0 bridgehead atoms. The average molecular weight is 354 g/mol. The first kappa shape index (κ1) is 18.6. The number of carbonyl (C=O) groups is 1. The number of nitrogens with zero attached hydrogens (tertiary/aromatic N) is 4. The van der Waals surface area contributed by atoms with Crippen molar-refractivity contribution in [3.63, 3.8) is 0 Å². The van der Waals surface area contributed by atoms with Crippen LogP contribution in [0.25, 0.3) is 0 Å². The zero-order chi connectivity index (χ0) is 18.7. The van der Waals surface area contributed by atoms with Crippen molar-refractivity contribution in [2.75, 3.05) is 6.54 Å². The molecule has 2 aromatic rings. The van der Waals surface area contributed by atoms with Crippen molar-refractivity contribution < 1.29 is 4.79 Å². The van der Waals surface area contributed by atoms with E-state index in [-0.39, 0.29) is 5.91 Å². The van der Waals surface area contributed by atoms with Crippen LogP contribution in [0, 0.1) is 6.92 Å². The molecule has 5 heteroatoms. The molecule has 3 rings (SSSR count). The normalized spacial score (nSPS) is 17.3. The first-order valence-electron chi connectivity index (χ1n) is 9.79. The Morgan fingerprint density at radius 3 is 2.85 bits per heavy atom. The van der Waals surface area contributed by atoms with Crippen molar-refractivity contribution in [1.29, 1.82) is 0 Å². The minimum absolute atomic E-state index is 0.139. The summed E-state index contributed by atoms with van der Waals surface area (Å²) < 4.78 is 1.86. The fourth-order valence-electron chi connectivity index (χ4n) is 3.78. The van der Waals surface area contributed by atoms with Gasteiger partial charge in [-0.1, -0.05) is 13.8 Å². The second kappa shape index (κ2) is 8.02. The maximum atomic E-state index is 13.2. The van der Waals surface area contributed by atoms with Gasteiger partial charge in [-0.3, -0.25) is 14.5 Å². The molecule has 1 saturated heterocycles. The second-order valence-corrected chi connectivity index (χ2v) is 7.56. The minimum atomic E-state index is 0.139. The molecule has 0 aliphatic carbocycles. The third-order valence-electron chi connectivity index (χ3n) is 5.27. The highest BCUT2D eigenvalue weighted by atomic mass is 16.2. The number of aryl methyl sites for hydroxylation is 3. The van der Waals surface area contributed by atoms with Gasteiger partial charge in [0.05, 0.1) is 5.69 Å². The number of pyridine rings is 1. The van der Waals surface area contributed by atoms with Crippen LogP contribution in [-0.4, -0.2) is 38.2 Å². The molecule has 26 heavy (non-hydrogen) atoms. The third-order valence-corrected chi connectivity index (χ3v) is 5.27. The molecule has 0 N–H and O–H groups in total. The summed E-state index contributed by atoms with van der Waals surface area (Å²) in [5, 5.41) is 4.61. The maximum absolute atomic E-state index is 13.2. The summed E-state index contributed by atoms with van der Waals surface area (Å²) in [5.41, 5.74) is 4.09. The number of hydrogen-bond donors (Lipinski definition) is 0. The van der Waals surface area contributed by atoms with Crippen molar-refractivity contribution >= 4 is 5.91 Å². The van der Waals surface area contributed by atoms with E-state index in [0.717, 1.165) is 55.9 Å². The monoisotopic (exact) mass is 354 g/mol. The summed E-state index contributed by atoms with van der Waals surface area (Å²) in [7, 11) is 0. The van der Waals surface area contributed by atoms with Gasteiger partial charge in [-0.25, -0.2) is 0 Å². The van der Waals surface area contributed by atoms with Gasteiger partial charge in [-0.15, -0.1) is 0 Å². The van der Waals surface area contributed by atoms with Gasteiger partial charge in [0.25, 0.3) is 5.91 Å². The number of carbonyl (C=O) groups excluding carboxylic acids is 1. The van der Waals surface area contributed by atoms with Crippen LogP contribution in [0.2, 0.25) is 0 Å². The molecule has 1 amide bonds. The van der Waals surface area contributed by atoms with E-state index in [1.807, 2.05) is 30.8 Å². The maximum Gasteiger partial charge on any atom is 0.272 e. The predicted molar refractivity (Wildman–Crippen MR) is 103 cm³/mol. The van der Waals surface area contributed by atoms with Crippen LogP contribution in [-0.2, 0) is 13.0 Å². The molecular formula is C21H30N4O. The van der Waals surface area contributed by atoms with Crippen LogP contribution in [0.1, 0.15) is 73.4 Å².